The third kappa shape index (κ3) is 2.81. The second-order valence-corrected chi connectivity index (χ2v) is 6.65. The minimum Gasteiger partial charge on any atom is -0.389 e. The molecule has 19 heavy (non-hydrogen) atoms. The average molecular weight is 276 g/mol. The summed E-state index contributed by atoms with van der Waals surface area (Å²) in [6, 6.07) is 8.75. The number of para-hydroxylation sites is 1. The topological polar surface area (TPSA) is 45.1 Å². The smallest absolute Gasteiger partial charge is 0.0967 e. The molecule has 1 aromatic carbocycles. The first-order valence-electron chi connectivity index (χ1n) is 6.93. The van der Waals surface area contributed by atoms with Crippen LogP contribution in [0.5, 0.6) is 0 Å². The van der Waals surface area contributed by atoms with Gasteiger partial charge in [-0.15, -0.1) is 11.3 Å². The molecule has 3 rings (SSSR count). The van der Waals surface area contributed by atoms with Crippen molar-refractivity contribution in [3.05, 3.63) is 29.3 Å². The van der Waals surface area contributed by atoms with E-state index < -0.39 is 5.60 Å². The standard InChI is InChI=1S/C15H20N2OS/c1-16-11-6-8-15(18,9-7-11)10-14-17-12-4-2-3-5-13(12)19-14/h2-5,11,16,18H,6-10H2,1H3. The number of aliphatic hydroxyl groups is 1. The van der Waals surface area contributed by atoms with Crippen molar-refractivity contribution in [2.75, 3.05) is 7.05 Å². The third-order valence-corrected chi connectivity index (χ3v) is 5.18. The van der Waals surface area contributed by atoms with E-state index in [2.05, 4.69) is 16.4 Å². The van der Waals surface area contributed by atoms with Gasteiger partial charge in [0.2, 0.25) is 0 Å². The van der Waals surface area contributed by atoms with Crippen molar-refractivity contribution in [1.29, 1.82) is 0 Å². The Morgan fingerprint density at radius 3 is 2.79 bits per heavy atom. The van der Waals surface area contributed by atoms with Gasteiger partial charge in [-0.3, -0.25) is 0 Å². The van der Waals surface area contributed by atoms with E-state index in [0.717, 1.165) is 36.2 Å². The van der Waals surface area contributed by atoms with Gasteiger partial charge in [-0.25, -0.2) is 4.98 Å². The second-order valence-electron chi connectivity index (χ2n) is 5.54. The maximum absolute atomic E-state index is 10.7. The van der Waals surface area contributed by atoms with Crippen LogP contribution in [0.4, 0.5) is 0 Å². The molecule has 4 heteroatoms. The number of fused-ring (bicyclic) bond motifs is 1. The minimum absolute atomic E-state index is 0.554. The molecule has 0 unspecified atom stereocenters. The summed E-state index contributed by atoms with van der Waals surface area (Å²) >= 11 is 1.71. The normalized spacial score (nSPS) is 27.8. The second kappa shape index (κ2) is 5.19. The molecule has 1 aliphatic carbocycles. The first kappa shape index (κ1) is 13.0. The molecular weight excluding hydrogens is 256 g/mol. The summed E-state index contributed by atoms with van der Waals surface area (Å²) in [5, 5.41) is 15.1. The number of hydrogen-bond donors (Lipinski definition) is 2. The Kier molecular flexibility index (Phi) is 3.56. The monoisotopic (exact) mass is 276 g/mol. The predicted molar refractivity (Wildman–Crippen MR) is 79.6 cm³/mol. The zero-order chi connectivity index (χ0) is 13.3. The van der Waals surface area contributed by atoms with Crippen LogP contribution in [0.15, 0.2) is 24.3 Å². The maximum atomic E-state index is 10.7. The number of hydrogen-bond acceptors (Lipinski definition) is 4. The fraction of sp³-hybridized carbons (Fsp3) is 0.533. The molecule has 1 aromatic heterocycles. The van der Waals surface area contributed by atoms with Gasteiger partial charge in [0, 0.05) is 12.5 Å². The Hall–Kier alpha value is -0.970. The fourth-order valence-corrected chi connectivity index (χ4v) is 4.00. The van der Waals surface area contributed by atoms with E-state index in [1.807, 2.05) is 25.2 Å². The predicted octanol–water partition coefficient (Wildman–Crippen LogP) is 2.73. The van der Waals surface area contributed by atoms with Gasteiger partial charge in [-0.2, -0.15) is 0 Å². The summed E-state index contributed by atoms with van der Waals surface area (Å²) in [4.78, 5) is 4.63. The first-order chi connectivity index (χ1) is 9.18. The molecule has 2 N–H and O–H groups in total. The van der Waals surface area contributed by atoms with Gasteiger partial charge in [0.15, 0.2) is 0 Å². The van der Waals surface area contributed by atoms with Crippen LogP contribution < -0.4 is 5.32 Å². The summed E-state index contributed by atoms with van der Waals surface area (Å²) in [6.45, 7) is 0. The lowest BCUT2D eigenvalue weighted by atomic mass is 9.80. The molecule has 1 saturated carbocycles. The lowest BCUT2D eigenvalue weighted by molar-refractivity contribution is -0.00241. The molecular formula is C15H20N2OS. The van der Waals surface area contributed by atoms with E-state index in [4.69, 9.17) is 0 Å². The Morgan fingerprint density at radius 1 is 1.37 bits per heavy atom. The van der Waals surface area contributed by atoms with Gasteiger partial charge < -0.3 is 10.4 Å². The van der Waals surface area contributed by atoms with Crippen molar-refractivity contribution in [2.45, 2.75) is 43.7 Å². The summed E-state index contributed by atoms with van der Waals surface area (Å²) in [5.41, 5.74) is 0.497. The molecule has 0 amide bonds. The van der Waals surface area contributed by atoms with Crippen molar-refractivity contribution >= 4 is 21.6 Å². The number of rotatable bonds is 3. The molecule has 0 aliphatic heterocycles. The van der Waals surface area contributed by atoms with Crippen molar-refractivity contribution in [3.63, 3.8) is 0 Å². The molecule has 0 saturated heterocycles. The number of benzene rings is 1. The van der Waals surface area contributed by atoms with E-state index in [9.17, 15) is 5.11 Å². The van der Waals surface area contributed by atoms with Crippen molar-refractivity contribution in [1.82, 2.24) is 10.3 Å². The molecule has 1 heterocycles. The molecule has 2 aromatic rings. The van der Waals surface area contributed by atoms with E-state index in [-0.39, 0.29) is 0 Å². The van der Waals surface area contributed by atoms with Gasteiger partial charge in [0.25, 0.3) is 0 Å². The van der Waals surface area contributed by atoms with Crippen LogP contribution in [0.25, 0.3) is 10.2 Å². The molecule has 1 fully saturated rings. The largest absolute Gasteiger partial charge is 0.389 e. The number of nitrogens with zero attached hydrogens (tertiary/aromatic N) is 1. The van der Waals surface area contributed by atoms with Crippen LogP contribution in [0.1, 0.15) is 30.7 Å². The number of aromatic nitrogens is 1. The quantitative estimate of drug-likeness (QED) is 0.906. The van der Waals surface area contributed by atoms with Gasteiger partial charge >= 0.3 is 0 Å². The Morgan fingerprint density at radius 2 is 2.11 bits per heavy atom. The Balaban J connectivity index is 1.73. The van der Waals surface area contributed by atoms with E-state index >= 15 is 0 Å². The van der Waals surface area contributed by atoms with Gasteiger partial charge in [-0.1, -0.05) is 12.1 Å². The zero-order valence-electron chi connectivity index (χ0n) is 11.2. The first-order valence-corrected chi connectivity index (χ1v) is 7.74. The Labute approximate surface area is 117 Å². The number of nitrogens with one attached hydrogen (secondary N) is 1. The van der Waals surface area contributed by atoms with Crippen LogP contribution >= 0.6 is 11.3 Å². The SMILES string of the molecule is CNC1CCC(O)(Cc2nc3ccccc3s2)CC1. The van der Waals surface area contributed by atoms with Crippen LogP contribution in [-0.4, -0.2) is 28.8 Å². The average Bonchev–Trinajstić information content (AvgIpc) is 2.81. The van der Waals surface area contributed by atoms with Crippen LogP contribution in [0.3, 0.4) is 0 Å². The summed E-state index contributed by atoms with van der Waals surface area (Å²) in [7, 11) is 2.00. The lowest BCUT2D eigenvalue weighted by Crippen LogP contribution is -2.41. The van der Waals surface area contributed by atoms with Gasteiger partial charge in [0.05, 0.1) is 20.8 Å². The maximum Gasteiger partial charge on any atom is 0.0967 e. The molecule has 0 bridgehead atoms. The highest BCUT2D eigenvalue weighted by molar-refractivity contribution is 7.18. The summed E-state index contributed by atoms with van der Waals surface area (Å²) < 4.78 is 1.21. The molecule has 0 atom stereocenters. The lowest BCUT2D eigenvalue weighted by Gasteiger charge is -2.35. The van der Waals surface area contributed by atoms with Gasteiger partial charge in [0.1, 0.15) is 0 Å². The van der Waals surface area contributed by atoms with Crippen molar-refractivity contribution < 1.29 is 5.11 Å². The van der Waals surface area contributed by atoms with E-state index in [1.54, 1.807) is 11.3 Å². The fourth-order valence-electron chi connectivity index (χ4n) is 2.90. The van der Waals surface area contributed by atoms with E-state index in [1.165, 1.54) is 4.70 Å². The highest BCUT2D eigenvalue weighted by Crippen LogP contribution is 2.33. The molecule has 1 aliphatic rings. The zero-order valence-corrected chi connectivity index (χ0v) is 12.0. The van der Waals surface area contributed by atoms with E-state index in [0.29, 0.717) is 12.5 Å². The van der Waals surface area contributed by atoms with Crippen molar-refractivity contribution in [2.24, 2.45) is 0 Å². The highest BCUT2D eigenvalue weighted by atomic mass is 32.1. The summed E-state index contributed by atoms with van der Waals surface area (Å²) in [5.74, 6) is 0. The van der Waals surface area contributed by atoms with Gasteiger partial charge in [-0.05, 0) is 44.9 Å². The minimum atomic E-state index is -0.554. The van der Waals surface area contributed by atoms with Crippen LogP contribution in [0, 0.1) is 0 Å². The Bertz CT molecular complexity index is 525. The molecule has 3 nitrogen and oxygen atoms in total. The third-order valence-electron chi connectivity index (χ3n) is 4.14. The highest BCUT2D eigenvalue weighted by Gasteiger charge is 2.33. The number of thiazole rings is 1. The van der Waals surface area contributed by atoms with Crippen LogP contribution in [0.2, 0.25) is 0 Å². The molecule has 102 valence electrons. The summed E-state index contributed by atoms with van der Waals surface area (Å²) in [6.07, 6.45) is 4.54. The van der Waals surface area contributed by atoms with Crippen molar-refractivity contribution in [3.8, 4) is 0 Å². The molecule has 0 radical (unpaired) electrons. The van der Waals surface area contributed by atoms with Crippen LogP contribution in [-0.2, 0) is 6.42 Å². The molecule has 0 spiro atoms.